The van der Waals surface area contributed by atoms with Crippen molar-refractivity contribution >= 4 is 17.2 Å². The Kier molecular flexibility index (Phi) is 6.96. The molecule has 7 heavy (non-hydrogen) atoms. The Morgan fingerprint density at radius 1 is 1.29 bits per heavy atom. The molecule has 5 N–H and O–H groups in total. The fourth-order valence-electron chi connectivity index (χ4n) is 0. The molecule has 46 valence electrons. The highest BCUT2D eigenvalue weighted by molar-refractivity contribution is 7.45. The quantitative estimate of drug-likeness (QED) is 0.322. The first-order chi connectivity index (χ1) is 3.00. The van der Waals surface area contributed by atoms with E-state index in [1.807, 2.05) is 9.39 Å². The molecule has 0 heterocycles. The highest BCUT2D eigenvalue weighted by Crippen LogP contribution is 2.25. The van der Waals surface area contributed by atoms with E-state index in [9.17, 15) is 0 Å². The number of hydrogen-bond acceptors (Lipinski definition) is 2. The third-order valence-electron chi connectivity index (χ3n) is 0. The Bertz CT molecular complexity index is 55.8. The van der Waals surface area contributed by atoms with Gasteiger partial charge in [-0.25, -0.2) is 4.57 Å². The van der Waals surface area contributed by atoms with Crippen molar-refractivity contribution in [1.82, 2.24) is 0 Å². The fraction of sp³-hybridized carbons (Fsp3) is 0. The summed E-state index contributed by atoms with van der Waals surface area (Å²) in [4.78, 5) is 21.6. The predicted molar refractivity (Wildman–Crippen MR) is 28.2 cm³/mol. The van der Waals surface area contributed by atoms with Crippen molar-refractivity contribution in [3.8, 4) is 0 Å². The standard InChI is InChI=1S/H4NP.H3O4P/c1-2;1-5(2,3)4/h1-2H2;(H3,1,2,3,4). The van der Waals surface area contributed by atoms with Crippen LogP contribution in [0.5, 0.6) is 0 Å². The lowest BCUT2D eigenvalue weighted by atomic mass is 13.9. The maximum atomic E-state index is 8.88. The first kappa shape index (κ1) is 10.5. The van der Waals surface area contributed by atoms with E-state index in [1.165, 1.54) is 0 Å². The van der Waals surface area contributed by atoms with E-state index < -0.39 is 7.82 Å². The van der Waals surface area contributed by atoms with Crippen molar-refractivity contribution in [2.24, 2.45) is 5.50 Å². The molecule has 0 aliphatic rings. The summed E-state index contributed by atoms with van der Waals surface area (Å²) in [7, 11) is -2.72. The number of rotatable bonds is 0. The molecule has 0 rings (SSSR count). The van der Waals surface area contributed by atoms with Crippen LogP contribution >= 0.6 is 17.2 Å². The zero-order chi connectivity index (χ0) is 6.50. The van der Waals surface area contributed by atoms with Crippen molar-refractivity contribution in [3.05, 3.63) is 0 Å². The van der Waals surface area contributed by atoms with E-state index in [0.29, 0.717) is 0 Å². The molecule has 0 aromatic carbocycles. The Labute approximate surface area is 43.0 Å². The van der Waals surface area contributed by atoms with Crippen molar-refractivity contribution < 1.29 is 19.2 Å². The highest BCUT2D eigenvalue weighted by atomic mass is 31.2. The molecule has 0 bridgehead atoms. The maximum absolute atomic E-state index is 8.88. The SMILES string of the molecule is NP.O=P(O)(O)O. The van der Waals surface area contributed by atoms with Gasteiger partial charge in [-0.15, -0.1) is 0 Å². The van der Waals surface area contributed by atoms with Crippen LogP contribution in [0.15, 0.2) is 0 Å². The van der Waals surface area contributed by atoms with Gasteiger partial charge in [-0.1, -0.05) is 9.39 Å². The molecule has 1 atom stereocenters. The summed E-state index contributed by atoms with van der Waals surface area (Å²) >= 11 is 0. The number of phosphoric acid groups is 1. The van der Waals surface area contributed by atoms with Gasteiger partial charge in [-0.2, -0.15) is 0 Å². The Morgan fingerprint density at radius 3 is 1.29 bits per heavy atom. The number of nitrogens with two attached hydrogens (primary N) is 1. The van der Waals surface area contributed by atoms with E-state index in [4.69, 9.17) is 19.2 Å². The molecule has 0 saturated heterocycles. The van der Waals surface area contributed by atoms with E-state index in [1.54, 1.807) is 0 Å². The smallest absolute Gasteiger partial charge is 0.314 e. The molecule has 0 spiro atoms. The molecule has 0 saturated carbocycles. The molecule has 0 aliphatic carbocycles. The molecule has 0 radical (unpaired) electrons. The van der Waals surface area contributed by atoms with Crippen LogP contribution in [-0.4, -0.2) is 14.7 Å². The summed E-state index contributed by atoms with van der Waals surface area (Å²) in [5.41, 5.74) is 4.42. The first-order valence-corrected chi connectivity index (χ1v) is 3.35. The lowest BCUT2D eigenvalue weighted by Crippen LogP contribution is -1.66. The normalized spacial score (nSPS) is 9.29. The van der Waals surface area contributed by atoms with Gasteiger partial charge in [-0.05, 0) is 0 Å². The van der Waals surface area contributed by atoms with Gasteiger partial charge in [0.25, 0.3) is 0 Å². The maximum Gasteiger partial charge on any atom is 0.466 e. The average molecular weight is 147 g/mol. The third kappa shape index (κ3) is 527. The predicted octanol–water partition coefficient (Wildman–Crippen LogP) is -1.19. The van der Waals surface area contributed by atoms with Crippen LogP contribution in [-0.2, 0) is 4.57 Å². The Hall–Kier alpha value is 0.500. The molecule has 0 aromatic rings. The molecular formula is H7NO4P2. The highest BCUT2D eigenvalue weighted by Gasteiger charge is 2.00. The van der Waals surface area contributed by atoms with Gasteiger partial charge in [0.05, 0.1) is 0 Å². The molecule has 0 aliphatic heterocycles. The molecule has 0 amide bonds. The molecule has 7 heteroatoms. The van der Waals surface area contributed by atoms with Gasteiger partial charge < -0.3 is 20.2 Å². The third-order valence-corrected chi connectivity index (χ3v) is 0. The van der Waals surface area contributed by atoms with Crippen molar-refractivity contribution in [1.29, 1.82) is 0 Å². The lowest BCUT2D eigenvalue weighted by molar-refractivity contribution is 0.275. The van der Waals surface area contributed by atoms with Gasteiger partial charge in [0, 0.05) is 0 Å². The summed E-state index contributed by atoms with van der Waals surface area (Å²) < 4.78 is 8.88. The summed E-state index contributed by atoms with van der Waals surface area (Å²) in [5, 5.41) is 0. The van der Waals surface area contributed by atoms with E-state index >= 15 is 0 Å². The summed E-state index contributed by atoms with van der Waals surface area (Å²) in [6.07, 6.45) is 0. The van der Waals surface area contributed by atoms with Crippen LogP contribution in [0.3, 0.4) is 0 Å². The second kappa shape index (κ2) is 4.65. The minimum absolute atomic E-state index is 1.92. The van der Waals surface area contributed by atoms with Crippen LogP contribution in [0.25, 0.3) is 0 Å². The van der Waals surface area contributed by atoms with Gasteiger partial charge in [-0.3, -0.25) is 0 Å². The van der Waals surface area contributed by atoms with E-state index in [-0.39, 0.29) is 0 Å². The van der Waals surface area contributed by atoms with Gasteiger partial charge >= 0.3 is 7.82 Å². The zero-order valence-electron chi connectivity index (χ0n) is 3.35. The molecular weight excluding hydrogens is 140 g/mol. The Balaban J connectivity index is 0. The Morgan fingerprint density at radius 2 is 1.29 bits per heavy atom. The van der Waals surface area contributed by atoms with Crippen LogP contribution < -0.4 is 5.50 Å². The van der Waals surface area contributed by atoms with Crippen molar-refractivity contribution in [2.75, 3.05) is 0 Å². The van der Waals surface area contributed by atoms with Crippen molar-refractivity contribution in [3.63, 3.8) is 0 Å². The largest absolute Gasteiger partial charge is 0.466 e. The average Bonchev–Trinajstić information content (AvgIpc) is 1.36. The summed E-state index contributed by atoms with van der Waals surface area (Å²) in [6.45, 7) is 0. The zero-order valence-corrected chi connectivity index (χ0v) is 5.40. The van der Waals surface area contributed by atoms with Crippen LogP contribution in [0.2, 0.25) is 0 Å². The van der Waals surface area contributed by atoms with Crippen LogP contribution in [0.4, 0.5) is 0 Å². The fourth-order valence-corrected chi connectivity index (χ4v) is 0. The molecule has 0 fully saturated rings. The second-order valence-electron chi connectivity index (χ2n) is 0.513. The first-order valence-electron chi connectivity index (χ1n) is 1.12. The molecule has 5 nitrogen and oxygen atoms in total. The minimum atomic E-state index is -4.64. The van der Waals surface area contributed by atoms with Crippen molar-refractivity contribution in [2.45, 2.75) is 0 Å². The van der Waals surface area contributed by atoms with Gasteiger partial charge in [0.2, 0.25) is 0 Å². The topological polar surface area (TPSA) is 104 Å². The van der Waals surface area contributed by atoms with E-state index in [2.05, 4.69) is 5.50 Å². The summed E-state index contributed by atoms with van der Waals surface area (Å²) in [5.74, 6) is 0. The minimum Gasteiger partial charge on any atom is -0.314 e. The van der Waals surface area contributed by atoms with Gasteiger partial charge in [0.1, 0.15) is 0 Å². The molecule has 1 unspecified atom stereocenters. The van der Waals surface area contributed by atoms with Gasteiger partial charge in [0.15, 0.2) is 0 Å². The number of hydrogen-bond donors (Lipinski definition) is 4. The monoisotopic (exact) mass is 147 g/mol. The lowest BCUT2D eigenvalue weighted by Gasteiger charge is -1.82. The molecule has 0 aromatic heterocycles. The van der Waals surface area contributed by atoms with Crippen LogP contribution in [0.1, 0.15) is 0 Å². The second-order valence-corrected chi connectivity index (χ2v) is 1.54. The van der Waals surface area contributed by atoms with Crippen LogP contribution in [0, 0.1) is 0 Å². The summed E-state index contributed by atoms with van der Waals surface area (Å²) in [6, 6.07) is 0. The van der Waals surface area contributed by atoms with E-state index in [0.717, 1.165) is 0 Å².